The average molecular weight is 653 g/mol. The third-order valence-electron chi connectivity index (χ3n) is 5.96. The van der Waals surface area contributed by atoms with Gasteiger partial charge in [0, 0.05) is 61.1 Å². The summed E-state index contributed by atoms with van der Waals surface area (Å²) in [5.74, 6) is 0.697. The summed E-state index contributed by atoms with van der Waals surface area (Å²) in [6, 6.07) is 38.5. The van der Waals surface area contributed by atoms with Crippen molar-refractivity contribution in [1.82, 2.24) is 19.9 Å². The summed E-state index contributed by atoms with van der Waals surface area (Å²) in [4.78, 5) is 17.6. The van der Waals surface area contributed by atoms with Crippen LogP contribution in [-0.2, 0) is 20.1 Å². The monoisotopic (exact) mass is 653 g/mol. The Morgan fingerprint density at radius 3 is 2.30 bits per heavy atom. The first-order valence-electron chi connectivity index (χ1n) is 11.6. The summed E-state index contributed by atoms with van der Waals surface area (Å²) in [6.07, 6.45) is 7.31. The Morgan fingerprint density at radius 2 is 1.43 bits per heavy atom. The van der Waals surface area contributed by atoms with Gasteiger partial charge < -0.3 is 4.98 Å². The maximum absolute atomic E-state index is 4.70. The van der Waals surface area contributed by atoms with Crippen molar-refractivity contribution in [3.63, 3.8) is 0 Å². The molecule has 0 N–H and O–H groups in total. The first kappa shape index (κ1) is 24.4. The molecule has 3 aromatic heterocycles. The van der Waals surface area contributed by atoms with Gasteiger partial charge in [-0.25, -0.2) is 0 Å². The van der Waals surface area contributed by atoms with E-state index in [1.54, 1.807) is 6.20 Å². The number of hydrogen-bond donors (Lipinski definition) is 0. The number of pyridine rings is 2. The molecule has 7 rings (SSSR count). The van der Waals surface area contributed by atoms with Crippen molar-refractivity contribution in [2.24, 2.45) is 0 Å². The molecule has 3 heterocycles. The van der Waals surface area contributed by atoms with Crippen molar-refractivity contribution in [3.8, 4) is 22.6 Å². The van der Waals surface area contributed by atoms with E-state index in [1.807, 2.05) is 97.5 Å². The van der Waals surface area contributed by atoms with Crippen LogP contribution in [0.25, 0.3) is 55.1 Å². The predicted octanol–water partition coefficient (Wildman–Crippen LogP) is 7.34. The van der Waals surface area contributed by atoms with Crippen molar-refractivity contribution >= 4 is 32.4 Å². The van der Waals surface area contributed by atoms with Crippen molar-refractivity contribution < 1.29 is 20.1 Å². The summed E-state index contributed by atoms with van der Waals surface area (Å²) >= 11 is 0. The van der Waals surface area contributed by atoms with Crippen LogP contribution in [0.4, 0.5) is 0 Å². The van der Waals surface area contributed by atoms with Crippen LogP contribution in [0.5, 0.6) is 0 Å². The third-order valence-corrected chi connectivity index (χ3v) is 5.96. The summed E-state index contributed by atoms with van der Waals surface area (Å²) in [7, 11) is 0. The zero-order chi connectivity index (χ0) is 24.2. The van der Waals surface area contributed by atoms with Gasteiger partial charge in [-0.15, -0.1) is 65.0 Å². The average Bonchev–Trinajstić information content (AvgIpc) is 2.98. The van der Waals surface area contributed by atoms with E-state index in [1.165, 1.54) is 10.8 Å². The van der Waals surface area contributed by atoms with Gasteiger partial charge in [0.2, 0.25) is 0 Å². The second-order valence-electron chi connectivity index (χ2n) is 8.22. The molecule has 0 bridgehead atoms. The van der Waals surface area contributed by atoms with Gasteiger partial charge in [0.1, 0.15) is 0 Å². The van der Waals surface area contributed by atoms with Gasteiger partial charge >= 0.3 is 0 Å². The molecule has 7 aromatic rings. The number of fused-ring (bicyclic) bond motifs is 4. The molecule has 5 heteroatoms. The molecule has 179 valence electrons. The molecule has 0 saturated heterocycles. The minimum atomic E-state index is 0. The van der Waals surface area contributed by atoms with Crippen molar-refractivity contribution in [3.05, 3.63) is 134 Å². The summed E-state index contributed by atoms with van der Waals surface area (Å²) in [5.41, 5.74) is 3.89. The van der Waals surface area contributed by atoms with E-state index in [4.69, 9.17) is 4.98 Å². The van der Waals surface area contributed by atoms with E-state index in [9.17, 15) is 0 Å². The van der Waals surface area contributed by atoms with Crippen LogP contribution in [0.2, 0.25) is 0 Å². The molecule has 0 aliphatic heterocycles. The van der Waals surface area contributed by atoms with Crippen LogP contribution in [0.15, 0.2) is 122 Å². The zero-order valence-corrected chi connectivity index (χ0v) is 22.1. The molecule has 0 aliphatic rings. The Labute approximate surface area is 228 Å². The normalized spacial score (nSPS) is 10.5. The number of nitrogens with zero attached hydrogens (tertiary/aromatic N) is 4. The van der Waals surface area contributed by atoms with Crippen LogP contribution in [-0.4, -0.2) is 19.9 Å². The van der Waals surface area contributed by atoms with E-state index in [0.29, 0.717) is 5.82 Å². The Kier molecular flexibility index (Phi) is 7.36. The number of benzene rings is 4. The molecule has 1 radical (unpaired) electrons. The Morgan fingerprint density at radius 1 is 0.568 bits per heavy atom. The summed E-state index contributed by atoms with van der Waals surface area (Å²) in [6.45, 7) is 0. The molecule has 0 spiro atoms. The van der Waals surface area contributed by atoms with Gasteiger partial charge in [0.05, 0.1) is 11.3 Å². The molecule has 0 atom stereocenters. The first-order valence-corrected chi connectivity index (χ1v) is 11.6. The fraction of sp³-hybridized carbons (Fsp3) is 0. The molecule has 4 aromatic carbocycles. The van der Waals surface area contributed by atoms with Gasteiger partial charge in [0.15, 0.2) is 0 Å². The summed E-state index contributed by atoms with van der Waals surface area (Å²) in [5, 5.41) is 5.63. The minimum absolute atomic E-state index is 0. The van der Waals surface area contributed by atoms with E-state index in [0.717, 1.165) is 38.5 Å². The molecular weight excluding hydrogens is 633 g/mol. The predicted molar refractivity (Wildman–Crippen MR) is 145 cm³/mol. The maximum Gasteiger partial charge on any atom is 0.0756 e. The second-order valence-corrected chi connectivity index (χ2v) is 8.22. The summed E-state index contributed by atoms with van der Waals surface area (Å²) < 4.78 is 0. The smallest absolute Gasteiger partial charge is 0.0756 e. The molecule has 0 aliphatic carbocycles. The zero-order valence-electron chi connectivity index (χ0n) is 19.7. The standard InChI is InChI=1S/C17H10N3.C15H10N.Ir/c1-2-4-12(5-3-1)17-19-11-14-7-6-13-10-18-9-8-15(13)16(14)20-17;1-2-8-13-12(6-1)7-5-9-14(13)15-10-3-4-11-16-15;/h1-4,6-11H;1-8,10-11H;/q2*-1;. The number of aromatic nitrogens is 4. The van der Waals surface area contributed by atoms with Gasteiger partial charge in [-0.3, -0.25) is 15.0 Å². The van der Waals surface area contributed by atoms with Crippen LogP contribution in [0.1, 0.15) is 0 Å². The van der Waals surface area contributed by atoms with Gasteiger partial charge in [0.25, 0.3) is 0 Å². The fourth-order valence-corrected chi connectivity index (χ4v) is 4.21. The number of hydrogen-bond acceptors (Lipinski definition) is 4. The molecular formula is C32H20IrN4-2. The van der Waals surface area contributed by atoms with E-state index < -0.39 is 0 Å². The number of rotatable bonds is 2. The molecule has 37 heavy (non-hydrogen) atoms. The Bertz CT molecular complexity index is 1780. The second kappa shape index (κ2) is 11.2. The van der Waals surface area contributed by atoms with E-state index in [2.05, 4.69) is 45.3 Å². The van der Waals surface area contributed by atoms with Crippen molar-refractivity contribution in [2.45, 2.75) is 0 Å². The quantitative estimate of drug-likeness (QED) is 0.145. The Hall–Kier alpha value is -4.31. The topological polar surface area (TPSA) is 51.6 Å². The van der Waals surface area contributed by atoms with Gasteiger partial charge in [-0.2, -0.15) is 0 Å². The van der Waals surface area contributed by atoms with Crippen LogP contribution >= 0.6 is 0 Å². The van der Waals surface area contributed by atoms with Gasteiger partial charge in [-0.05, 0) is 17.8 Å². The first-order chi connectivity index (χ1) is 17.9. The van der Waals surface area contributed by atoms with Crippen LogP contribution < -0.4 is 0 Å². The van der Waals surface area contributed by atoms with E-state index in [-0.39, 0.29) is 20.1 Å². The fourth-order valence-electron chi connectivity index (χ4n) is 4.21. The molecule has 0 amide bonds. The maximum atomic E-state index is 4.70. The third kappa shape index (κ3) is 5.14. The Balaban J connectivity index is 0.000000151. The largest absolute Gasteiger partial charge is 0.305 e. The van der Waals surface area contributed by atoms with Crippen LogP contribution in [0, 0.1) is 12.1 Å². The van der Waals surface area contributed by atoms with E-state index >= 15 is 0 Å². The molecule has 4 nitrogen and oxygen atoms in total. The minimum Gasteiger partial charge on any atom is -0.305 e. The molecule has 0 saturated carbocycles. The van der Waals surface area contributed by atoms with Crippen molar-refractivity contribution in [1.29, 1.82) is 0 Å². The molecule has 0 fully saturated rings. The SMILES string of the molecule is [Ir].[c-]1ccc2ccccc2c1-c1ccccn1.[c-]1ccccc1-c1ncc2ccc3cnccc3c2n1. The van der Waals surface area contributed by atoms with Crippen molar-refractivity contribution in [2.75, 3.05) is 0 Å². The van der Waals surface area contributed by atoms with Crippen LogP contribution in [0.3, 0.4) is 0 Å². The molecule has 0 unspecified atom stereocenters. The van der Waals surface area contributed by atoms with Gasteiger partial charge in [-0.1, -0.05) is 53.9 Å².